The number of hydrogen-bond acceptors (Lipinski definition) is 4. The van der Waals surface area contributed by atoms with E-state index in [2.05, 4.69) is 16.8 Å². The van der Waals surface area contributed by atoms with Crippen molar-refractivity contribution < 1.29 is 9.90 Å². The number of hydrogen-bond donors (Lipinski definition) is 1. The van der Waals surface area contributed by atoms with E-state index in [0.717, 1.165) is 37.3 Å². The van der Waals surface area contributed by atoms with Crippen LogP contribution in [0.3, 0.4) is 0 Å². The molecule has 4 rings (SSSR count). The van der Waals surface area contributed by atoms with Gasteiger partial charge in [-0.1, -0.05) is 30.3 Å². The number of carbonyl (C=O) groups excluding carboxylic acids is 1. The normalized spacial score (nSPS) is 19.7. The number of nitrogens with zero attached hydrogens (tertiary/aromatic N) is 3. The highest BCUT2D eigenvalue weighted by molar-refractivity contribution is 5.95. The first-order chi connectivity index (χ1) is 13.6. The molecule has 2 aliphatic rings. The van der Waals surface area contributed by atoms with Crippen molar-refractivity contribution in [3.05, 3.63) is 54.1 Å². The van der Waals surface area contributed by atoms with Crippen LogP contribution in [0.1, 0.15) is 23.2 Å². The number of para-hydroxylation sites is 1. The maximum Gasteiger partial charge on any atom is 0.253 e. The van der Waals surface area contributed by atoms with Crippen LogP contribution >= 0.6 is 0 Å². The molecular formula is C23H29N3O2. The van der Waals surface area contributed by atoms with Crippen molar-refractivity contribution in [3.63, 3.8) is 0 Å². The van der Waals surface area contributed by atoms with Gasteiger partial charge in [0.05, 0.1) is 0 Å². The number of phenols is 1. The van der Waals surface area contributed by atoms with Crippen molar-refractivity contribution in [2.24, 2.45) is 0 Å². The summed E-state index contributed by atoms with van der Waals surface area (Å²) in [6, 6.07) is 15.5. The molecule has 1 amide bonds. The lowest BCUT2D eigenvalue weighted by Gasteiger charge is -2.42. The molecule has 0 radical (unpaired) electrons. The standard InChI is InChI=1S/C23H29N3O2/c1-24-11-9-20(10-12-24)25-13-15-26(16-14-25)23(28)19-6-4-5-18(17-19)21-7-2-3-8-22(21)27/h2-8,17,20,27H,9-16H2,1H3. The van der Waals surface area contributed by atoms with E-state index < -0.39 is 0 Å². The number of piperazine rings is 1. The average Bonchev–Trinajstić information content (AvgIpc) is 2.74. The van der Waals surface area contributed by atoms with Crippen LogP contribution in [0.4, 0.5) is 0 Å². The highest BCUT2D eigenvalue weighted by atomic mass is 16.3. The zero-order valence-corrected chi connectivity index (χ0v) is 16.6. The monoisotopic (exact) mass is 379 g/mol. The summed E-state index contributed by atoms with van der Waals surface area (Å²) in [5.41, 5.74) is 2.31. The topological polar surface area (TPSA) is 47.0 Å². The molecular weight excluding hydrogens is 350 g/mol. The molecule has 148 valence electrons. The number of aromatic hydroxyl groups is 1. The number of likely N-dealkylation sites (tertiary alicyclic amines) is 1. The van der Waals surface area contributed by atoms with Crippen LogP contribution in [0.25, 0.3) is 11.1 Å². The van der Waals surface area contributed by atoms with Crippen LogP contribution < -0.4 is 0 Å². The van der Waals surface area contributed by atoms with Crippen LogP contribution in [0.2, 0.25) is 0 Å². The summed E-state index contributed by atoms with van der Waals surface area (Å²) in [5, 5.41) is 10.1. The van der Waals surface area contributed by atoms with Gasteiger partial charge in [-0.25, -0.2) is 0 Å². The Balaban J connectivity index is 1.40. The maximum atomic E-state index is 13.0. The van der Waals surface area contributed by atoms with E-state index in [0.29, 0.717) is 11.6 Å². The zero-order chi connectivity index (χ0) is 19.5. The minimum Gasteiger partial charge on any atom is -0.507 e. The lowest BCUT2D eigenvalue weighted by Crippen LogP contribution is -2.54. The molecule has 2 aromatic carbocycles. The lowest BCUT2D eigenvalue weighted by atomic mass is 10.0. The Kier molecular flexibility index (Phi) is 5.64. The summed E-state index contributed by atoms with van der Waals surface area (Å²) in [5.74, 6) is 0.319. The highest BCUT2D eigenvalue weighted by Crippen LogP contribution is 2.29. The minimum absolute atomic E-state index is 0.0836. The fourth-order valence-electron chi connectivity index (χ4n) is 4.37. The predicted octanol–water partition coefficient (Wildman–Crippen LogP) is 2.91. The first-order valence-electron chi connectivity index (χ1n) is 10.2. The van der Waals surface area contributed by atoms with Gasteiger partial charge < -0.3 is 14.9 Å². The third kappa shape index (κ3) is 4.05. The van der Waals surface area contributed by atoms with Gasteiger partial charge in [0.15, 0.2) is 0 Å². The Labute approximate surface area is 167 Å². The Morgan fingerprint density at radius 2 is 1.64 bits per heavy atom. The van der Waals surface area contributed by atoms with Gasteiger partial charge in [0.1, 0.15) is 5.75 Å². The zero-order valence-electron chi connectivity index (χ0n) is 16.6. The van der Waals surface area contributed by atoms with Crippen LogP contribution in [-0.2, 0) is 0 Å². The van der Waals surface area contributed by atoms with E-state index in [4.69, 9.17) is 0 Å². The molecule has 2 heterocycles. The fraction of sp³-hybridized carbons (Fsp3) is 0.435. The molecule has 2 aromatic rings. The van der Waals surface area contributed by atoms with E-state index >= 15 is 0 Å². The molecule has 5 nitrogen and oxygen atoms in total. The number of carbonyl (C=O) groups is 1. The van der Waals surface area contributed by atoms with E-state index in [-0.39, 0.29) is 11.7 Å². The second-order valence-corrected chi connectivity index (χ2v) is 7.96. The fourth-order valence-corrected chi connectivity index (χ4v) is 4.37. The molecule has 1 N–H and O–H groups in total. The van der Waals surface area contributed by atoms with E-state index in [1.54, 1.807) is 12.1 Å². The summed E-state index contributed by atoms with van der Waals surface area (Å²) < 4.78 is 0. The molecule has 2 fully saturated rings. The van der Waals surface area contributed by atoms with Crippen LogP contribution in [-0.4, -0.2) is 78.1 Å². The van der Waals surface area contributed by atoms with Gasteiger partial charge in [0, 0.05) is 43.3 Å². The molecule has 2 aliphatic heterocycles. The molecule has 5 heteroatoms. The number of piperidine rings is 1. The molecule has 0 bridgehead atoms. The summed E-state index contributed by atoms with van der Waals surface area (Å²) in [6.45, 7) is 5.82. The van der Waals surface area contributed by atoms with Crippen molar-refractivity contribution in [1.82, 2.24) is 14.7 Å². The van der Waals surface area contributed by atoms with Crippen molar-refractivity contribution >= 4 is 5.91 Å². The van der Waals surface area contributed by atoms with Gasteiger partial charge in [-0.2, -0.15) is 0 Å². The third-order valence-electron chi connectivity index (χ3n) is 6.13. The number of rotatable bonds is 3. The van der Waals surface area contributed by atoms with Crippen molar-refractivity contribution in [3.8, 4) is 16.9 Å². The molecule has 2 saturated heterocycles. The summed E-state index contributed by atoms with van der Waals surface area (Å²) in [4.78, 5) is 20.0. The van der Waals surface area contributed by atoms with Crippen LogP contribution in [0, 0.1) is 0 Å². The van der Waals surface area contributed by atoms with Crippen LogP contribution in [0.15, 0.2) is 48.5 Å². The van der Waals surface area contributed by atoms with Gasteiger partial charge in [0.2, 0.25) is 0 Å². The average molecular weight is 380 g/mol. The second-order valence-electron chi connectivity index (χ2n) is 7.96. The van der Waals surface area contributed by atoms with Crippen LogP contribution in [0.5, 0.6) is 5.75 Å². The molecule has 0 aromatic heterocycles. The Morgan fingerprint density at radius 3 is 2.36 bits per heavy atom. The Bertz CT molecular complexity index is 822. The van der Waals surface area contributed by atoms with Gasteiger partial charge in [-0.05, 0) is 56.7 Å². The van der Waals surface area contributed by atoms with Gasteiger partial charge in [-0.3, -0.25) is 9.69 Å². The van der Waals surface area contributed by atoms with Crippen molar-refractivity contribution in [1.29, 1.82) is 0 Å². The smallest absolute Gasteiger partial charge is 0.253 e. The third-order valence-corrected chi connectivity index (χ3v) is 6.13. The molecule has 0 spiro atoms. The molecule has 0 aliphatic carbocycles. The summed E-state index contributed by atoms with van der Waals surface area (Å²) in [7, 11) is 2.19. The van der Waals surface area contributed by atoms with E-state index in [1.165, 1.54) is 25.9 Å². The van der Waals surface area contributed by atoms with E-state index in [9.17, 15) is 9.90 Å². The first-order valence-corrected chi connectivity index (χ1v) is 10.2. The SMILES string of the molecule is CN1CCC(N2CCN(C(=O)c3cccc(-c4ccccc4O)c3)CC2)CC1. The highest BCUT2D eigenvalue weighted by Gasteiger charge is 2.28. The van der Waals surface area contributed by atoms with Gasteiger partial charge >= 0.3 is 0 Å². The maximum absolute atomic E-state index is 13.0. The Hall–Kier alpha value is -2.37. The number of amides is 1. The van der Waals surface area contributed by atoms with Gasteiger partial charge in [0.25, 0.3) is 5.91 Å². The van der Waals surface area contributed by atoms with Crippen molar-refractivity contribution in [2.75, 3.05) is 46.3 Å². The number of benzene rings is 2. The molecule has 0 atom stereocenters. The molecule has 0 unspecified atom stereocenters. The first kappa shape index (κ1) is 19.0. The molecule has 0 saturated carbocycles. The van der Waals surface area contributed by atoms with Crippen molar-refractivity contribution in [2.45, 2.75) is 18.9 Å². The predicted molar refractivity (Wildman–Crippen MR) is 112 cm³/mol. The molecule has 28 heavy (non-hydrogen) atoms. The van der Waals surface area contributed by atoms with Gasteiger partial charge in [-0.15, -0.1) is 0 Å². The lowest BCUT2D eigenvalue weighted by molar-refractivity contribution is 0.0475. The number of phenolic OH excluding ortho intramolecular Hbond substituents is 1. The summed E-state index contributed by atoms with van der Waals surface area (Å²) >= 11 is 0. The largest absolute Gasteiger partial charge is 0.507 e. The quantitative estimate of drug-likeness (QED) is 0.891. The Morgan fingerprint density at radius 1 is 0.929 bits per heavy atom. The van der Waals surface area contributed by atoms with E-state index in [1.807, 2.05) is 41.3 Å². The summed E-state index contributed by atoms with van der Waals surface area (Å²) in [6.07, 6.45) is 2.46. The minimum atomic E-state index is 0.0836. The second kappa shape index (κ2) is 8.33.